The number of aliphatic carboxylic acids is 2. The largest absolute Gasteiger partial charge is 0.481 e. The Hall–Kier alpha value is -2.10. The number of carbonyl (C=O) groups excluding carboxylic acids is 1. The molecule has 0 heterocycles. The Morgan fingerprint density at radius 3 is 2.17 bits per heavy atom. The molecule has 9 nitrogen and oxygen atoms in total. The van der Waals surface area contributed by atoms with Crippen molar-refractivity contribution in [1.29, 1.82) is 0 Å². The van der Waals surface area contributed by atoms with E-state index in [9.17, 15) is 14.4 Å². The standard InChI is InChI=1S/C13H23N3O6S/c1-13(2,3)22-12(21)15-7-6-14-11(23)16-8(10(19)20)4-5-9(17)18/h8H,4-7H2,1-3H3,(H,15,21)(H,17,18)(H,19,20)(H2,14,16,23). The minimum absolute atomic E-state index is 0.0637. The van der Waals surface area contributed by atoms with Gasteiger partial charge in [0.1, 0.15) is 11.6 Å². The molecule has 5 N–H and O–H groups in total. The summed E-state index contributed by atoms with van der Waals surface area (Å²) >= 11 is 4.92. The van der Waals surface area contributed by atoms with Gasteiger partial charge in [0.05, 0.1) is 0 Å². The van der Waals surface area contributed by atoms with Crippen LogP contribution in [0.1, 0.15) is 33.6 Å². The Labute approximate surface area is 139 Å². The monoisotopic (exact) mass is 349 g/mol. The first-order valence-electron chi connectivity index (χ1n) is 6.97. The molecule has 0 fully saturated rings. The summed E-state index contributed by atoms with van der Waals surface area (Å²) in [5, 5.41) is 25.3. The van der Waals surface area contributed by atoms with Gasteiger partial charge in [0.25, 0.3) is 0 Å². The number of nitrogens with one attached hydrogen (secondary N) is 3. The van der Waals surface area contributed by atoms with Crippen LogP contribution in [-0.2, 0) is 14.3 Å². The van der Waals surface area contributed by atoms with Crippen LogP contribution in [-0.4, -0.2) is 58.1 Å². The SMILES string of the molecule is CC(C)(C)OC(=O)NCCNC(=S)NC(CCC(=O)O)C(=O)O. The third kappa shape index (κ3) is 12.2. The highest BCUT2D eigenvalue weighted by molar-refractivity contribution is 7.80. The normalized spacial score (nSPS) is 12.0. The van der Waals surface area contributed by atoms with Crippen LogP contribution >= 0.6 is 12.2 Å². The minimum Gasteiger partial charge on any atom is -0.481 e. The average Bonchev–Trinajstić information content (AvgIpc) is 2.37. The van der Waals surface area contributed by atoms with Gasteiger partial charge in [0, 0.05) is 19.5 Å². The van der Waals surface area contributed by atoms with Gasteiger partial charge in [-0.15, -0.1) is 0 Å². The van der Waals surface area contributed by atoms with Crippen LogP contribution in [0.15, 0.2) is 0 Å². The van der Waals surface area contributed by atoms with E-state index in [1.54, 1.807) is 20.8 Å². The molecular weight excluding hydrogens is 326 g/mol. The lowest BCUT2D eigenvalue weighted by atomic mass is 10.1. The van der Waals surface area contributed by atoms with Crippen molar-refractivity contribution in [3.05, 3.63) is 0 Å². The van der Waals surface area contributed by atoms with E-state index >= 15 is 0 Å². The summed E-state index contributed by atoms with van der Waals surface area (Å²) in [6.07, 6.45) is -0.946. The van der Waals surface area contributed by atoms with E-state index in [2.05, 4.69) is 16.0 Å². The van der Waals surface area contributed by atoms with Gasteiger partial charge in [0.15, 0.2) is 5.11 Å². The number of ether oxygens (including phenoxy) is 1. The summed E-state index contributed by atoms with van der Waals surface area (Å²) in [6.45, 7) is 5.72. The number of thiocarbonyl (C=S) groups is 1. The summed E-state index contributed by atoms with van der Waals surface area (Å²) < 4.78 is 5.04. The first-order valence-corrected chi connectivity index (χ1v) is 7.38. The van der Waals surface area contributed by atoms with Gasteiger partial charge in [-0.1, -0.05) is 0 Å². The van der Waals surface area contributed by atoms with Crippen molar-refractivity contribution < 1.29 is 29.3 Å². The molecule has 10 heteroatoms. The highest BCUT2D eigenvalue weighted by Crippen LogP contribution is 2.05. The number of carbonyl (C=O) groups is 3. The molecule has 0 spiro atoms. The van der Waals surface area contributed by atoms with Gasteiger partial charge >= 0.3 is 18.0 Å². The van der Waals surface area contributed by atoms with Crippen LogP contribution in [0.25, 0.3) is 0 Å². The summed E-state index contributed by atoms with van der Waals surface area (Å²) in [4.78, 5) is 32.8. The average molecular weight is 349 g/mol. The molecule has 0 aliphatic carbocycles. The molecule has 0 aliphatic heterocycles. The lowest BCUT2D eigenvalue weighted by Gasteiger charge is -2.20. The van der Waals surface area contributed by atoms with Crippen molar-refractivity contribution in [1.82, 2.24) is 16.0 Å². The van der Waals surface area contributed by atoms with Crippen molar-refractivity contribution in [2.75, 3.05) is 13.1 Å². The maximum absolute atomic E-state index is 11.4. The first-order chi connectivity index (χ1) is 10.5. The highest BCUT2D eigenvalue weighted by Gasteiger charge is 2.19. The van der Waals surface area contributed by atoms with Crippen LogP contribution in [0.3, 0.4) is 0 Å². The minimum atomic E-state index is -1.19. The quantitative estimate of drug-likeness (QED) is 0.309. The predicted molar refractivity (Wildman–Crippen MR) is 86.3 cm³/mol. The van der Waals surface area contributed by atoms with E-state index in [1.807, 2.05) is 0 Å². The molecule has 0 radical (unpaired) electrons. The Morgan fingerprint density at radius 2 is 1.70 bits per heavy atom. The summed E-state index contributed by atoms with van der Waals surface area (Å²) in [5.41, 5.74) is -0.590. The molecule has 0 aliphatic rings. The topological polar surface area (TPSA) is 137 Å². The molecule has 0 aromatic rings. The summed E-state index contributed by atoms with van der Waals surface area (Å²) in [6, 6.07) is -1.09. The van der Waals surface area contributed by atoms with Gasteiger partial charge in [-0.25, -0.2) is 9.59 Å². The number of carboxylic acid groups (broad SMARTS) is 2. The maximum Gasteiger partial charge on any atom is 0.407 e. The van der Waals surface area contributed by atoms with Crippen molar-refractivity contribution in [2.24, 2.45) is 0 Å². The van der Waals surface area contributed by atoms with Gasteiger partial charge < -0.3 is 30.9 Å². The Bertz CT molecular complexity index is 449. The fourth-order valence-electron chi connectivity index (χ4n) is 1.39. The molecule has 0 bridgehead atoms. The predicted octanol–water partition coefficient (Wildman–Crippen LogP) is 0.293. The number of alkyl carbamates (subject to hydrolysis) is 1. The molecule has 1 amide bonds. The van der Waals surface area contributed by atoms with Crippen LogP contribution in [0, 0.1) is 0 Å². The van der Waals surface area contributed by atoms with E-state index in [1.165, 1.54) is 0 Å². The van der Waals surface area contributed by atoms with Gasteiger partial charge in [0.2, 0.25) is 0 Å². The van der Waals surface area contributed by atoms with Gasteiger partial charge in [-0.2, -0.15) is 0 Å². The number of hydrogen-bond acceptors (Lipinski definition) is 5. The third-order valence-corrected chi connectivity index (χ3v) is 2.59. The lowest BCUT2D eigenvalue weighted by molar-refractivity contribution is -0.140. The van der Waals surface area contributed by atoms with Crippen molar-refractivity contribution in [3.63, 3.8) is 0 Å². The van der Waals surface area contributed by atoms with E-state index in [0.29, 0.717) is 0 Å². The number of hydrogen-bond donors (Lipinski definition) is 5. The molecule has 0 saturated heterocycles. The molecule has 0 aromatic heterocycles. The molecular formula is C13H23N3O6S. The fourth-order valence-corrected chi connectivity index (χ4v) is 1.63. The van der Waals surface area contributed by atoms with Crippen molar-refractivity contribution in [3.8, 4) is 0 Å². The van der Waals surface area contributed by atoms with E-state index in [-0.39, 0.29) is 31.0 Å². The van der Waals surface area contributed by atoms with Crippen LogP contribution in [0.4, 0.5) is 4.79 Å². The van der Waals surface area contributed by atoms with E-state index in [4.69, 9.17) is 27.2 Å². The van der Waals surface area contributed by atoms with E-state index in [0.717, 1.165) is 0 Å². The Morgan fingerprint density at radius 1 is 1.13 bits per heavy atom. The van der Waals surface area contributed by atoms with Crippen molar-refractivity contribution in [2.45, 2.75) is 45.3 Å². The molecule has 0 rings (SSSR count). The molecule has 0 saturated carbocycles. The zero-order valence-electron chi connectivity index (χ0n) is 13.3. The summed E-state index contributed by atoms with van der Waals surface area (Å²) in [7, 11) is 0. The second-order valence-electron chi connectivity index (χ2n) is 5.65. The van der Waals surface area contributed by atoms with E-state index < -0.39 is 29.7 Å². The zero-order valence-corrected chi connectivity index (χ0v) is 14.2. The zero-order chi connectivity index (χ0) is 18.0. The number of carboxylic acids is 2. The van der Waals surface area contributed by atoms with Crippen molar-refractivity contribution >= 4 is 35.4 Å². The van der Waals surface area contributed by atoms with Crippen LogP contribution < -0.4 is 16.0 Å². The third-order valence-electron chi connectivity index (χ3n) is 2.33. The lowest BCUT2D eigenvalue weighted by Crippen LogP contribution is -2.47. The Balaban J connectivity index is 4.02. The molecule has 1 atom stereocenters. The second kappa shape index (κ2) is 9.82. The molecule has 0 aromatic carbocycles. The van der Waals surface area contributed by atoms with Gasteiger partial charge in [-0.05, 0) is 39.4 Å². The molecule has 23 heavy (non-hydrogen) atoms. The van der Waals surface area contributed by atoms with Gasteiger partial charge in [-0.3, -0.25) is 4.79 Å². The fraction of sp³-hybridized carbons (Fsp3) is 0.692. The smallest absolute Gasteiger partial charge is 0.407 e. The van der Waals surface area contributed by atoms with Crippen LogP contribution in [0.5, 0.6) is 0 Å². The van der Waals surface area contributed by atoms with Crippen LogP contribution in [0.2, 0.25) is 0 Å². The highest BCUT2D eigenvalue weighted by atomic mass is 32.1. The number of rotatable bonds is 8. The molecule has 132 valence electrons. The summed E-state index contributed by atoms with van der Waals surface area (Å²) in [5.74, 6) is -2.28. The first kappa shape index (κ1) is 20.9. The maximum atomic E-state index is 11.4. The number of amides is 1. The Kier molecular flexibility index (Phi) is 8.93. The second-order valence-corrected chi connectivity index (χ2v) is 6.06. The molecule has 1 unspecified atom stereocenters.